The lowest BCUT2D eigenvalue weighted by Gasteiger charge is -2.26. The third-order valence-corrected chi connectivity index (χ3v) is 4.53. The number of nitro groups is 1. The van der Waals surface area contributed by atoms with Crippen molar-refractivity contribution in [1.29, 1.82) is 0 Å². The number of urea groups is 1. The number of carbonyl (C=O) groups is 3. The van der Waals surface area contributed by atoms with Gasteiger partial charge in [-0.25, -0.2) is 9.69 Å². The molecule has 11 heteroatoms. The van der Waals surface area contributed by atoms with Gasteiger partial charge in [-0.2, -0.15) is 0 Å². The number of anilines is 1. The first-order chi connectivity index (χ1) is 14.8. The Morgan fingerprint density at radius 3 is 2.61 bits per heavy atom. The lowest BCUT2D eigenvalue weighted by molar-refractivity contribution is -0.384. The zero-order valence-corrected chi connectivity index (χ0v) is 17.1. The number of imide groups is 2. The molecule has 10 nitrogen and oxygen atoms in total. The summed E-state index contributed by atoms with van der Waals surface area (Å²) in [5, 5.41) is 13.3. The van der Waals surface area contributed by atoms with E-state index in [2.05, 4.69) is 5.32 Å². The van der Waals surface area contributed by atoms with Gasteiger partial charge in [0, 0.05) is 12.1 Å². The number of ether oxygens (including phenoxy) is 2. The molecule has 160 valence electrons. The average molecular weight is 446 g/mol. The highest BCUT2D eigenvalue weighted by molar-refractivity contribution is 6.39. The van der Waals surface area contributed by atoms with E-state index in [0.29, 0.717) is 28.6 Å². The molecule has 1 fully saturated rings. The third-order valence-electron chi connectivity index (χ3n) is 4.25. The van der Waals surface area contributed by atoms with Crippen molar-refractivity contribution in [3.8, 4) is 11.5 Å². The Bertz CT molecular complexity index is 1130. The maximum atomic E-state index is 13.0. The van der Waals surface area contributed by atoms with Gasteiger partial charge >= 0.3 is 6.03 Å². The van der Waals surface area contributed by atoms with Crippen LogP contribution in [0.1, 0.15) is 12.5 Å². The third kappa shape index (κ3) is 4.33. The lowest BCUT2D eigenvalue weighted by atomic mass is 10.1. The van der Waals surface area contributed by atoms with Crippen molar-refractivity contribution in [3.63, 3.8) is 0 Å². The molecule has 0 unspecified atom stereocenters. The van der Waals surface area contributed by atoms with Gasteiger partial charge in [-0.1, -0.05) is 17.7 Å². The Morgan fingerprint density at radius 2 is 1.97 bits per heavy atom. The van der Waals surface area contributed by atoms with E-state index in [1.165, 1.54) is 43.5 Å². The van der Waals surface area contributed by atoms with Crippen LogP contribution in [0.4, 0.5) is 16.2 Å². The molecule has 2 aromatic carbocycles. The summed E-state index contributed by atoms with van der Waals surface area (Å²) in [5.74, 6) is -1.26. The molecule has 1 heterocycles. The lowest BCUT2D eigenvalue weighted by Crippen LogP contribution is -2.54. The fourth-order valence-corrected chi connectivity index (χ4v) is 3.23. The van der Waals surface area contributed by atoms with E-state index in [9.17, 15) is 24.5 Å². The number of amides is 4. The van der Waals surface area contributed by atoms with Crippen LogP contribution in [0.2, 0.25) is 5.02 Å². The molecule has 31 heavy (non-hydrogen) atoms. The highest BCUT2D eigenvalue weighted by Gasteiger charge is 2.37. The predicted molar refractivity (Wildman–Crippen MR) is 111 cm³/mol. The number of hydrogen-bond acceptors (Lipinski definition) is 7. The summed E-state index contributed by atoms with van der Waals surface area (Å²) in [5.41, 5.74) is -0.391. The number of non-ortho nitro benzene ring substituents is 1. The second kappa shape index (κ2) is 8.84. The quantitative estimate of drug-likeness (QED) is 0.312. The maximum absolute atomic E-state index is 13.0. The summed E-state index contributed by atoms with van der Waals surface area (Å²) >= 11 is 6.21. The molecular formula is C20H16ClN3O7. The van der Waals surface area contributed by atoms with Crippen LogP contribution in [0.3, 0.4) is 0 Å². The Hall–Kier alpha value is -3.92. The highest BCUT2D eigenvalue weighted by atomic mass is 35.5. The summed E-state index contributed by atoms with van der Waals surface area (Å²) in [6.45, 7) is 2.08. The largest absolute Gasteiger partial charge is 0.491 e. The molecule has 0 aliphatic carbocycles. The second-order valence-corrected chi connectivity index (χ2v) is 6.61. The van der Waals surface area contributed by atoms with Crippen LogP contribution in [0.15, 0.2) is 42.0 Å². The zero-order valence-electron chi connectivity index (χ0n) is 16.4. The molecule has 0 spiro atoms. The van der Waals surface area contributed by atoms with Crippen molar-refractivity contribution in [2.45, 2.75) is 6.92 Å². The number of hydrogen-bond donors (Lipinski definition) is 1. The van der Waals surface area contributed by atoms with Crippen LogP contribution in [0, 0.1) is 10.1 Å². The van der Waals surface area contributed by atoms with Crippen molar-refractivity contribution in [2.24, 2.45) is 0 Å². The molecule has 0 bridgehead atoms. The van der Waals surface area contributed by atoms with Crippen LogP contribution in [0.25, 0.3) is 6.08 Å². The van der Waals surface area contributed by atoms with Crippen molar-refractivity contribution < 1.29 is 28.8 Å². The predicted octanol–water partition coefficient (Wildman–Crippen LogP) is 3.32. The molecule has 2 aromatic rings. The molecule has 0 radical (unpaired) electrons. The maximum Gasteiger partial charge on any atom is 0.335 e. The van der Waals surface area contributed by atoms with Crippen LogP contribution in [-0.4, -0.2) is 36.5 Å². The van der Waals surface area contributed by atoms with Crippen LogP contribution < -0.4 is 19.7 Å². The van der Waals surface area contributed by atoms with Crippen molar-refractivity contribution >= 4 is 46.9 Å². The number of nitro benzene ring substituents is 1. The van der Waals surface area contributed by atoms with Gasteiger partial charge in [0.2, 0.25) is 0 Å². The number of halogens is 1. The minimum absolute atomic E-state index is 0.0575. The number of nitrogens with one attached hydrogen (secondary N) is 1. The summed E-state index contributed by atoms with van der Waals surface area (Å²) in [7, 11) is 1.42. The Kier molecular flexibility index (Phi) is 6.21. The Labute approximate surface area is 181 Å². The van der Waals surface area contributed by atoms with Gasteiger partial charge in [0.25, 0.3) is 17.5 Å². The van der Waals surface area contributed by atoms with Gasteiger partial charge in [-0.3, -0.25) is 25.0 Å². The minimum Gasteiger partial charge on any atom is -0.491 e. The molecule has 1 saturated heterocycles. The molecule has 1 aliphatic rings. The Morgan fingerprint density at radius 1 is 1.23 bits per heavy atom. The summed E-state index contributed by atoms with van der Waals surface area (Å²) < 4.78 is 10.7. The first-order valence-corrected chi connectivity index (χ1v) is 9.30. The average Bonchev–Trinajstić information content (AvgIpc) is 2.71. The van der Waals surface area contributed by atoms with Crippen molar-refractivity contribution in [2.75, 3.05) is 18.6 Å². The molecular weight excluding hydrogens is 430 g/mol. The zero-order chi connectivity index (χ0) is 22.7. The number of barbiturate groups is 1. The van der Waals surface area contributed by atoms with E-state index in [0.717, 1.165) is 6.07 Å². The molecule has 1 aliphatic heterocycles. The summed E-state index contributed by atoms with van der Waals surface area (Å²) in [6, 6.07) is 6.91. The fourth-order valence-electron chi connectivity index (χ4n) is 2.94. The second-order valence-electron chi connectivity index (χ2n) is 6.20. The number of nitrogens with zero attached hydrogens (tertiary/aromatic N) is 2. The first-order valence-electron chi connectivity index (χ1n) is 8.93. The molecule has 0 saturated carbocycles. The minimum atomic E-state index is -1.02. The number of benzene rings is 2. The van der Waals surface area contributed by atoms with E-state index >= 15 is 0 Å². The number of methoxy groups -OCH3 is 1. The Balaban J connectivity index is 2.05. The molecule has 4 amide bonds. The van der Waals surface area contributed by atoms with E-state index in [1.807, 2.05) is 0 Å². The van der Waals surface area contributed by atoms with Gasteiger partial charge in [-0.05, 0) is 36.8 Å². The van der Waals surface area contributed by atoms with Crippen molar-refractivity contribution in [1.82, 2.24) is 5.32 Å². The van der Waals surface area contributed by atoms with E-state index < -0.39 is 22.8 Å². The van der Waals surface area contributed by atoms with E-state index in [4.69, 9.17) is 21.1 Å². The molecule has 0 atom stereocenters. The van der Waals surface area contributed by atoms with Gasteiger partial charge in [0.15, 0.2) is 11.5 Å². The van der Waals surface area contributed by atoms with Crippen LogP contribution in [0.5, 0.6) is 11.5 Å². The highest BCUT2D eigenvalue weighted by Crippen LogP contribution is 2.37. The van der Waals surface area contributed by atoms with Gasteiger partial charge in [0.05, 0.1) is 29.4 Å². The van der Waals surface area contributed by atoms with E-state index in [-0.39, 0.29) is 22.0 Å². The smallest absolute Gasteiger partial charge is 0.335 e. The van der Waals surface area contributed by atoms with Gasteiger partial charge in [0.1, 0.15) is 5.57 Å². The van der Waals surface area contributed by atoms with Gasteiger partial charge < -0.3 is 9.47 Å². The molecule has 3 rings (SSSR count). The molecule has 0 aromatic heterocycles. The first kappa shape index (κ1) is 21.8. The monoisotopic (exact) mass is 445 g/mol. The van der Waals surface area contributed by atoms with Crippen LogP contribution >= 0.6 is 11.6 Å². The van der Waals surface area contributed by atoms with E-state index in [1.54, 1.807) is 6.92 Å². The normalized spacial score (nSPS) is 15.1. The number of carbonyl (C=O) groups excluding carboxylic acids is 3. The van der Waals surface area contributed by atoms with Gasteiger partial charge in [-0.15, -0.1) is 0 Å². The standard InChI is InChI=1S/C20H16ClN3O7/c1-3-31-16-9-11(8-15(21)17(16)30-2)7-14-18(25)22-20(27)23(19(14)26)12-5-4-6-13(10-12)24(28)29/h4-10H,3H2,1-2H3,(H,22,25,27)/b14-7+. The van der Waals surface area contributed by atoms with Crippen molar-refractivity contribution in [3.05, 3.63) is 62.7 Å². The molecule has 1 N–H and O–H groups in total. The number of rotatable bonds is 6. The summed E-state index contributed by atoms with van der Waals surface area (Å²) in [4.78, 5) is 48.6. The topological polar surface area (TPSA) is 128 Å². The van der Waals surface area contributed by atoms with Crippen LogP contribution in [-0.2, 0) is 9.59 Å². The fraction of sp³-hybridized carbons (Fsp3) is 0.150. The summed E-state index contributed by atoms with van der Waals surface area (Å²) in [6.07, 6.45) is 1.24. The SMILES string of the molecule is CCOc1cc(/C=C2\C(=O)NC(=O)N(c3cccc([N+](=O)[O-])c3)C2=O)cc(Cl)c1OC.